The highest BCUT2D eigenvalue weighted by molar-refractivity contribution is 8.00. The van der Waals surface area contributed by atoms with Crippen molar-refractivity contribution in [2.75, 3.05) is 5.75 Å². The van der Waals surface area contributed by atoms with Gasteiger partial charge in [-0.2, -0.15) is 0 Å². The first-order valence-corrected chi connectivity index (χ1v) is 9.66. The van der Waals surface area contributed by atoms with Gasteiger partial charge >= 0.3 is 0 Å². The number of rotatable bonds is 5. The zero-order valence-electron chi connectivity index (χ0n) is 14.5. The molecule has 8 heteroatoms. The first-order chi connectivity index (χ1) is 13.1. The largest absolute Gasteiger partial charge is 0.272 e. The lowest BCUT2D eigenvalue weighted by Gasteiger charge is -2.09. The maximum absolute atomic E-state index is 12.1. The fraction of sp³-hybridized carbons (Fsp3) is 0.158. The molecule has 0 aliphatic heterocycles. The summed E-state index contributed by atoms with van der Waals surface area (Å²) in [5.41, 5.74) is 6.05. The maximum Gasteiger partial charge on any atom is 0.269 e. The molecule has 0 fully saturated rings. The molecular weight excluding hydrogens is 384 g/mol. The standard InChI is InChI=1S/C19H17ClN4O2S/c1-2-16-21-15-6-4-3-5-14(15)19(22-16)27-11-17(25)23-24-18(26)12-7-9-13(20)10-8-12/h3-10H,2,11H2,1H3,(H,23,25)(H,24,26). The Balaban J connectivity index is 1.60. The van der Waals surface area contributed by atoms with Crippen molar-refractivity contribution >= 4 is 46.1 Å². The number of halogens is 1. The predicted molar refractivity (Wildman–Crippen MR) is 107 cm³/mol. The molecule has 1 aromatic heterocycles. The molecule has 0 saturated heterocycles. The third kappa shape index (κ3) is 4.96. The number of hydrogen-bond donors (Lipinski definition) is 2. The molecule has 0 spiro atoms. The number of fused-ring (bicyclic) bond motifs is 1. The van der Waals surface area contributed by atoms with Crippen LogP contribution in [0.25, 0.3) is 10.9 Å². The van der Waals surface area contributed by atoms with Crippen LogP contribution in [-0.2, 0) is 11.2 Å². The average molecular weight is 401 g/mol. The SMILES string of the molecule is CCc1nc(SCC(=O)NNC(=O)c2ccc(Cl)cc2)c2ccccc2n1. The summed E-state index contributed by atoms with van der Waals surface area (Å²) in [7, 11) is 0. The van der Waals surface area contributed by atoms with Crippen LogP contribution >= 0.6 is 23.4 Å². The number of nitrogens with one attached hydrogen (secondary N) is 2. The number of carbonyl (C=O) groups is 2. The minimum Gasteiger partial charge on any atom is -0.272 e. The van der Waals surface area contributed by atoms with Crippen LogP contribution in [0.2, 0.25) is 5.02 Å². The van der Waals surface area contributed by atoms with Gasteiger partial charge in [0.15, 0.2) is 0 Å². The molecule has 27 heavy (non-hydrogen) atoms. The zero-order chi connectivity index (χ0) is 19.2. The molecule has 0 saturated carbocycles. The van der Waals surface area contributed by atoms with Crippen LogP contribution in [0.1, 0.15) is 23.1 Å². The zero-order valence-corrected chi connectivity index (χ0v) is 16.1. The number of nitrogens with zero attached hydrogens (tertiary/aromatic N) is 2. The number of hydrazine groups is 1. The Morgan fingerprint density at radius 1 is 1.04 bits per heavy atom. The van der Waals surface area contributed by atoms with E-state index in [1.165, 1.54) is 11.8 Å². The van der Waals surface area contributed by atoms with E-state index in [-0.39, 0.29) is 11.7 Å². The quantitative estimate of drug-likeness (QED) is 0.389. The van der Waals surface area contributed by atoms with Gasteiger partial charge in [-0.25, -0.2) is 9.97 Å². The molecular formula is C19H17ClN4O2S. The van der Waals surface area contributed by atoms with E-state index in [1.807, 2.05) is 31.2 Å². The summed E-state index contributed by atoms with van der Waals surface area (Å²) >= 11 is 7.10. The topological polar surface area (TPSA) is 84.0 Å². The summed E-state index contributed by atoms with van der Waals surface area (Å²) in [5, 5.41) is 2.19. The number of hydrogen-bond acceptors (Lipinski definition) is 5. The van der Waals surface area contributed by atoms with Gasteiger partial charge in [0.1, 0.15) is 10.9 Å². The second-order valence-electron chi connectivity index (χ2n) is 5.61. The minimum atomic E-state index is -0.411. The highest BCUT2D eigenvalue weighted by Crippen LogP contribution is 2.25. The van der Waals surface area contributed by atoms with Crippen LogP contribution in [0.5, 0.6) is 0 Å². The smallest absolute Gasteiger partial charge is 0.269 e. The second kappa shape index (κ2) is 8.83. The molecule has 2 aromatic carbocycles. The molecule has 0 unspecified atom stereocenters. The summed E-state index contributed by atoms with van der Waals surface area (Å²) in [6, 6.07) is 14.1. The van der Waals surface area contributed by atoms with Crippen LogP contribution in [0.3, 0.4) is 0 Å². The van der Waals surface area contributed by atoms with E-state index in [2.05, 4.69) is 20.8 Å². The van der Waals surface area contributed by atoms with Crippen molar-refractivity contribution in [2.45, 2.75) is 18.4 Å². The molecule has 3 rings (SSSR count). The van der Waals surface area contributed by atoms with Crippen molar-refractivity contribution in [2.24, 2.45) is 0 Å². The number of amides is 2. The van der Waals surface area contributed by atoms with Gasteiger partial charge in [-0.3, -0.25) is 20.4 Å². The number of aryl methyl sites for hydroxylation is 1. The monoisotopic (exact) mass is 400 g/mol. The van der Waals surface area contributed by atoms with Gasteiger partial charge in [0.05, 0.1) is 11.3 Å². The van der Waals surface area contributed by atoms with E-state index in [9.17, 15) is 9.59 Å². The lowest BCUT2D eigenvalue weighted by Crippen LogP contribution is -2.42. The summed E-state index contributed by atoms with van der Waals surface area (Å²) in [6.07, 6.45) is 0.710. The van der Waals surface area contributed by atoms with Crippen LogP contribution in [-0.4, -0.2) is 27.5 Å². The summed E-state index contributed by atoms with van der Waals surface area (Å²) < 4.78 is 0. The van der Waals surface area contributed by atoms with Gasteiger partial charge in [-0.05, 0) is 30.3 Å². The maximum atomic E-state index is 12.1. The predicted octanol–water partition coefficient (Wildman–Crippen LogP) is 3.40. The third-order valence-corrected chi connectivity index (χ3v) is 4.94. The molecule has 138 valence electrons. The van der Waals surface area contributed by atoms with Gasteiger partial charge in [0, 0.05) is 22.4 Å². The van der Waals surface area contributed by atoms with E-state index in [4.69, 9.17) is 11.6 Å². The second-order valence-corrected chi connectivity index (χ2v) is 7.01. The van der Waals surface area contributed by atoms with Crippen molar-refractivity contribution in [1.29, 1.82) is 0 Å². The van der Waals surface area contributed by atoms with Crippen molar-refractivity contribution in [3.63, 3.8) is 0 Å². The summed E-state index contributed by atoms with van der Waals surface area (Å²) in [4.78, 5) is 33.1. The fourth-order valence-electron chi connectivity index (χ4n) is 2.33. The van der Waals surface area contributed by atoms with E-state index < -0.39 is 5.91 Å². The Kier molecular flexibility index (Phi) is 6.26. The molecule has 0 atom stereocenters. The lowest BCUT2D eigenvalue weighted by molar-refractivity contribution is -0.119. The van der Waals surface area contributed by atoms with Gasteiger partial charge in [0.25, 0.3) is 5.91 Å². The first kappa shape index (κ1) is 19.1. The molecule has 1 heterocycles. The number of aromatic nitrogens is 2. The number of carbonyl (C=O) groups excluding carboxylic acids is 2. The Bertz CT molecular complexity index is 979. The Labute approximate surface area is 165 Å². The van der Waals surface area contributed by atoms with E-state index in [0.717, 1.165) is 21.8 Å². The Morgan fingerprint density at radius 2 is 1.78 bits per heavy atom. The fourth-order valence-corrected chi connectivity index (χ4v) is 3.30. The normalized spacial score (nSPS) is 10.6. The van der Waals surface area contributed by atoms with Crippen LogP contribution in [0, 0.1) is 0 Å². The molecule has 0 radical (unpaired) electrons. The number of benzene rings is 2. The van der Waals surface area contributed by atoms with Crippen molar-refractivity contribution < 1.29 is 9.59 Å². The van der Waals surface area contributed by atoms with E-state index in [0.29, 0.717) is 17.0 Å². The van der Waals surface area contributed by atoms with E-state index in [1.54, 1.807) is 24.3 Å². The van der Waals surface area contributed by atoms with Crippen LogP contribution in [0.15, 0.2) is 53.6 Å². The molecule has 2 N–H and O–H groups in total. The highest BCUT2D eigenvalue weighted by atomic mass is 35.5. The molecule has 0 aliphatic rings. The lowest BCUT2D eigenvalue weighted by atomic mass is 10.2. The summed E-state index contributed by atoms with van der Waals surface area (Å²) in [5.74, 6) is 0.104. The summed E-state index contributed by atoms with van der Waals surface area (Å²) in [6.45, 7) is 1.98. The van der Waals surface area contributed by atoms with Gasteiger partial charge in [-0.15, -0.1) is 0 Å². The Hall–Kier alpha value is -2.64. The molecule has 3 aromatic rings. The Morgan fingerprint density at radius 3 is 2.52 bits per heavy atom. The van der Waals surface area contributed by atoms with Crippen molar-refractivity contribution in [3.8, 4) is 0 Å². The van der Waals surface area contributed by atoms with Crippen LogP contribution in [0.4, 0.5) is 0 Å². The molecule has 0 aliphatic carbocycles. The van der Waals surface area contributed by atoms with Crippen LogP contribution < -0.4 is 10.9 Å². The van der Waals surface area contributed by atoms with Gasteiger partial charge < -0.3 is 0 Å². The number of para-hydroxylation sites is 1. The molecule has 6 nitrogen and oxygen atoms in total. The third-order valence-electron chi connectivity index (χ3n) is 3.69. The first-order valence-electron chi connectivity index (χ1n) is 8.30. The minimum absolute atomic E-state index is 0.116. The van der Waals surface area contributed by atoms with E-state index >= 15 is 0 Å². The van der Waals surface area contributed by atoms with Gasteiger partial charge in [0.2, 0.25) is 5.91 Å². The van der Waals surface area contributed by atoms with Crippen molar-refractivity contribution in [3.05, 3.63) is 64.9 Å². The average Bonchev–Trinajstić information content (AvgIpc) is 2.70. The highest BCUT2D eigenvalue weighted by Gasteiger charge is 2.11. The molecule has 2 amide bonds. The van der Waals surface area contributed by atoms with Crippen molar-refractivity contribution in [1.82, 2.24) is 20.8 Å². The number of thioether (sulfide) groups is 1. The van der Waals surface area contributed by atoms with Gasteiger partial charge in [-0.1, -0.05) is 48.5 Å². The molecule has 0 bridgehead atoms.